The minimum atomic E-state index is 0.861. The minimum absolute atomic E-state index is 0.861. The largest absolute Gasteiger partial charge is 0.132 e. The van der Waals surface area contributed by atoms with Gasteiger partial charge in [-0.25, -0.2) is 0 Å². The molecule has 0 radical (unpaired) electrons. The average molecular weight is 124 g/mol. The van der Waals surface area contributed by atoms with Gasteiger partial charge in [0, 0.05) is 0 Å². The first kappa shape index (κ1) is 5.65. The van der Waals surface area contributed by atoms with E-state index in [2.05, 4.69) is 24.5 Å². The van der Waals surface area contributed by atoms with Gasteiger partial charge in [0.05, 0.1) is 0 Å². The van der Waals surface area contributed by atoms with E-state index in [1.807, 2.05) is 6.92 Å². The second-order valence-electron chi connectivity index (χ2n) is 1.86. The second-order valence-corrected chi connectivity index (χ2v) is 3.02. The zero-order valence-corrected chi connectivity index (χ0v) is 5.94. The summed E-state index contributed by atoms with van der Waals surface area (Å²) in [7, 11) is 0.861. The van der Waals surface area contributed by atoms with Gasteiger partial charge >= 0.3 is 0 Å². The van der Waals surface area contributed by atoms with Crippen LogP contribution in [0.25, 0.3) is 5.57 Å². The molecular weight excluding hydrogens is 115 g/mol. The van der Waals surface area contributed by atoms with Crippen LogP contribution in [0, 0.1) is 0 Å². The Hall–Kier alpha value is -0.480. The highest BCUT2D eigenvalue weighted by Gasteiger charge is 1.87. The SMILES string of the molecule is C=C(C)c1ccc[pH]1. The van der Waals surface area contributed by atoms with Crippen LogP contribution >= 0.6 is 8.19 Å². The Morgan fingerprint density at radius 1 is 1.75 bits per heavy atom. The molecule has 0 bridgehead atoms. The van der Waals surface area contributed by atoms with Crippen molar-refractivity contribution >= 4 is 13.8 Å². The van der Waals surface area contributed by atoms with Gasteiger partial charge in [0.2, 0.25) is 0 Å². The lowest BCUT2D eigenvalue weighted by molar-refractivity contribution is 1.75. The molecule has 1 aromatic rings. The molecule has 8 heavy (non-hydrogen) atoms. The van der Waals surface area contributed by atoms with Gasteiger partial charge in [0.1, 0.15) is 0 Å². The van der Waals surface area contributed by atoms with E-state index in [-0.39, 0.29) is 0 Å². The maximum Gasteiger partial charge on any atom is -0.00673 e. The molecule has 42 valence electrons. The van der Waals surface area contributed by atoms with Gasteiger partial charge in [-0.15, -0.1) is 8.19 Å². The molecule has 0 N–H and O–H groups in total. The smallest absolute Gasteiger partial charge is 0.00673 e. The Morgan fingerprint density at radius 3 is 2.75 bits per heavy atom. The summed E-state index contributed by atoms with van der Waals surface area (Å²) in [4.78, 5) is 0. The van der Waals surface area contributed by atoms with Crippen LogP contribution in [0.15, 0.2) is 24.5 Å². The van der Waals surface area contributed by atoms with Gasteiger partial charge < -0.3 is 0 Å². The summed E-state index contributed by atoms with van der Waals surface area (Å²) < 4.78 is 0. The third kappa shape index (κ3) is 1.02. The van der Waals surface area contributed by atoms with Gasteiger partial charge in [-0.1, -0.05) is 18.7 Å². The number of allylic oxidation sites excluding steroid dienone is 1. The highest BCUT2D eigenvalue weighted by Crippen LogP contribution is 2.21. The summed E-state index contributed by atoms with van der Waals surface area (Å²) in [6, 6.07) is 4.21. The number of hydrogen-bond acceptors (Lipinski definition) is 0. The van der Waals surface area contributed by atoms with Gasteiger partial charge in [-0.3, -0.25) is 0 Å². The summed E-state index contributed by atoms with van der Waals surface area (Å²) in [5.41, 5.74) is 1.20. The molecule has 0 aliphatic heterocycles. The van der Waals surface area contributed by atoms with Crippen molar-refractivity contribution < 1.29 is 0 Å². The first-order valence-electron chi connectivity index (χ1n) is 2.60. The predicted molar refractivity (Wildman–Crippen MR) is 40.7 cm³/mol. The van der Waals surface area contributed by atoms with Crippen molar-refractivity contribution in [1.29, 1.82) is 0 Å². The average Bonchev–Trinajstić information content (AvgIpc) is 2.12. The zero-order chi connectivity index (χ0) is 5.98. The Labute approximate surface area is 51.3 Å². The third-order valence-corrected chi connectivity index (χ3v) is 2.32. The van der Waals surface area contributed by atoms with E-state index in [0.29, 0.717) is 0 Å². The molecule has 0 aromatic carbocycles. The van der Waals surface area contributed by atoms with Gasteiger partial charge in [0.25, 0.3) is 0 Å². The van der Waals surface area contributed by atoms with Crippen molar-refractivity contribution in [2.75, 3.05) is 0 Å². The molecule has 0 fully saturated rings. The lowest BCUT2D eigenvalue weighted by Crippen LogP contribution is -1.60. The van der Waals surface area contributed by atoms with Gasteiger partial charge in [-0.05, 0) is 23.6 Å². The second kappa shape index (κ2) is 2.19. The Morgan fingerprint density at radius 2 is 2.50 bits per heavy atom. The van der Waals surface area contributed by atoms with Crippen molar-refractivity contribution in [1.82, 2.24) is 0 Å². The summed E-state index contributed by atoms with van der Waals surface area (Å²) >= 11 is 0. The van der Waals surface area contributed by atoms with Crippen molar-refractivity contribution in [3.8, 4) is 0 Å². The zero-order valence-electron chi connectivity index (χ0n) is 4.94. The van der Waals surface area contributed by atoms with E-state index in [1.54, 1.807) is 0 Å². The highest BCUT2D eigenvalue weighted by atomic mass is 31.0. The monoisotopic (exact) mass is 124 g/mol. The Balaban J connectivity index is 2.93. The molecule has 1 atom stereocenters. The van der Waals surface area contributed by atoms with Crippen LogP contribution in [-0.2, 0) is 0 Å². The van der Waals surface area contributed by atoms with Crippen LogP contribution in [0.1, 0.15) is 12.2 Å². The summed E-state index contributed by atoms with van der Waals surface area (Å²) in [6.07, 6.45) is 0. The van der Waals surface area contributed by atoms with Gasteiger partial charge in [-0.2, -0.15) is 0 Å². The van der Waals surface area contributed by atoms with E-state index in [9.17, 15) is 0 Å². The Bertz CT molecular complexity index is 172. The van der Waals surface area contributed by atoms with Crippen LogP contribution in [0.5, 0.6) is 0 Å². The number of rotatable bonds is 1. The van der Waals surface area contributed by atoms with Crippen LogP contribution in [-0.4, -0.2) is 0 Å². The molecule has 0 aliphatic carbocycles. The summed E-state index contributed by atoms with van der Waals surface area (Å²) in [5.74, 6) is 2.17. The normalized spacial score (nSPS) is 10.1. The molecule has 0 nitrogen and oxygen atoms in total. The lowest BCUT2D eigenvalue weighted by Gasteiger charge is -1.87. The molecule has 0 saturated heterocycles. The molecule has 0 spiro atoms. The Kier molecular flexibility index (Phi) is 1.55. The lowest BCUT2D eigenvalue weighted by atomic mass is 10.3. The summed E-state index contributed by atoms with van der Waals surface area (Å²) in [5, 5.41) is 1.39. The van der Waals surface area contributed by atoms with Crippen LogP contribution < -0.4 is 0 Å². The van der Waals surface area contributed by atoms with Crippen LogP contribution in [0.2, 0.25) is 0 Å². The standard InChI is InChI=1S/C7H9P/c1-6(2)7-4-3-5-8-7/h3-5,8H,1H2,2H3. The van der Waals surface area contributed by atoms with E-state index in [4.69, 9.17) is 0 Å². The highest BCUT2D eigenvalue weighted by molar-refractivity contribution is 7.31. The minimum Gasteiger partial charge on any atom is -0.132 e. The molecule has 0 saturated carbocycles. The molecule has 1 unspecified atom stereocenters. The molecule has 1 heteroatoms. The van der Waals surface area contributed by atoms with E-state index < -0.39 is 0 Å². The fraction of sp³-hybridized carbons (Fsp3) is 0.143. The molecule has 1 aromatic heterocycles. The molecule has 1 heterocycles. The van der Waals surface area contributed by atoms with Gasteiger partial charge in [0.15, 0.2) is 0 Å². The predicted octanol–water partition coefficient (Wildman–Crippen LogP) is 2.75. The fourth-order valence-electron chi connectivity index (χ4n) is 0.596. The summed E-state index contributed by atoms with van der Waals surface area (Å²) in [6.45, 7) is 5.88. The van der Waals surface area contributed by atoms with E-state index >= 15 is 0 Å². The number of hydrogen-bond donors (Lipinski definition) is 0. The first-order valence-corrected chi connectivity index (χ1v) is 3.67. The topological polar surface area (TPSA) is 0 Å². The molecule has 0 aliphatic rings. The first-order chi connectivity index (χ1) is 3.80. The fourth-order valence-corrected chi connectivity index (χ4v) is 1.41. The molecular formula is C7H9P. The molecule has 0 amide bonds. The van der Waals surface area contributed by atoms with Crippen LogP contribution in [0.3, 0.4) is 0 Å². The maximum atomic E-state index is 3.84. The van der Waals surface area contributed by atoms with Crippen molar-refractivity contribution in [2.24, 2.45) is 0 Å². The van der Waals surface area contributed by atoms with Crippen molar-refractivity contribution in [3.63, 3.8) is 0 Å². The third-order valence-electron chi connectivity index (χ3n) is 1.06. The quantitative estimate of drug-likeness (QED) is 0.540. The van der Waals surface area contributed by atoms with Crippen molar-refractivity contribution in [2.45, 2.75) is 6.92 Å². The molecule has 1 rings (SSSR count). The van der Waals surface area contributed by atoms with E-state index in [0.717, 1.165) is 8.19 Å². The maximum absolute atomic E-state index is 3.84. The van der Waals surface area contributed by atoms with E-state index in [1.165, 1.54) is 10.9 Å². The van der Waals surface area contributed by atoms with Crippen LogP contribution in [0.4, 0.5) is 0 Å². The van der Waals surface area contributed by atoms with Crippen molar-refractivity contribution in [3.05, 3.63) is 29.8 Å².